The van der Waals surface area contributed by atoms with Crippen molar-refractivity contribution in [2.45, 2.75) is 47.9 Å². The Labute approximate surface area is 321 Å². The fraction of sp³-hybridized carbons (Fsp3) is 0.237. The Morgan fingerprint density at radius 2 is 1.35 bits per heavy atom. The quantitative estimate of drug-likeness (QED) is 0.0868. The molecule has 0 saturated heterocycles. The van der Waals surface area contributed by atoms with E-state index in [-0.39, 0.29) is 5.39 Å². The van der Waals surface area contributed by atoms with Gasteiger partial charge in [-0.15, -0.1) is 11.8 Å². The molecule has 1 aliphatic carbocycles. The molecule has 7 rings (SSSR count). The minimum Gasteiger partial charge on any atom is -0.505 e. The van der Waals surface area contributed by atoms with E-state index in [4.69, 9.17) is 4.74 Å². The van der Waals surface area contributed by atoms with Gasteiger partial charge in [-0.05, 0) is 61.4 Å². The molecule has 1 fully saturated rings. The molecule has 0 aliphatic heterocycles. The number of benzene rings is 3. The van der Waals surface area contributed by atoms with E-state index in [1.807, 2.05) is 43.3 Å². The molecule has 15 nitrogen and oxygen atoms in total. The highest BCUT2D eigenvalue weighted by molar-refractivity contribution is 8.00. The lowest BCUT2D eigenvalue weighted by Gasteiger charge is -2.23. The van der Waals surface area contributed by atoms with Crippen LogP contribution in [0.25, 0.3) is 31.8 Å². The van der Waals surface area contributed by atoms with E-state index in [0.29, 0.717) is 32.9 Å². The predicted molar refractivity (Wildman–Crippen MR) is 207 cm³/mol. The average molecular weight is 783 g/mol. The highest BCUT2D eigenvalue weighted by atomic mass is 32.2. The molecule has 3 aromatic carbocycles. The number of ether oxygens (including phenoxy) is 1. The molecule has 0 bridgehead atoms. The van der Waals surface area contributed by atoms with Crippen LogP contribution in [0.15, 0.2) is 71.9 Å². The summed E-state index contributed by atoms with van der Waals surface area (Å²) < 4.78 is 6.95. The number of pyridine rings is 2. The molecule has 3 aromatic heterocycles. The lowest BCUT2D eigenvalue weighted by molar-refractivity contribution is -0.147. The van der Waals surface area contributed by atoms with E-state index in [2.05, 4.69) is 25.6 Å². The van der Waals surface area contributed by atoms with Crippen molar-refractivity contribution in [3.63, 3.8) is 0 Å². The number of carboxylic acid groups (broad SMARTS) is 2. The third-order valence-corrected chi connectivity index (χ3v) is 11.6. The topological polar surface area (TPSA) is 224 Å². The minimum absolute atomic E-state index is 0.179. The van der Waals surface area contributed by atoms with E-state index < -0.39 is 58.7 Å². The van der Waals surface area contributed by atoms with Gasteiger partial charge < -0.3 is 40.7 Å². The van der Waals surface area contributed by atoms with Crippen molar-refractivity contribution in [1.82, 2.24) is 25.6 Å². The largest absolute Gasteiger partial charge is 0.505 e. The maximum atomic E-state index is 13.3. The molecule has 3 heterocycles. The normalized spacial score (nSPS) is 14.1. The van der Waals surface area contributed by atoms with Gasteiger partial charge >= 0.3 is 11.9 Å². The fourth-order valence-corrected chi connectivity index (χ4v) is 8.53. The first kappa shape index (κ1) is 37.1. The lowest BCUT2D eigenvalue weighted by atomic mass is 10.1. The van der Waals surface area contributed by atoms with Crippen molar-refractivity contribution in [3.05, 3.63) is 78.4 Å². The standard InChI is InChI=1S/C38H34N6O9S2/c1-44(2)38-41-26-12-8-21(15-27(26)55-38)53-20-7-10-24-18(13-20)16-39-30(32(24)45)34(47)42-28(36(49)50)29(37(51)52)43-35(48)31-33(46)25-11-9-23(14-19(25)17-40-31)54-22-5-3-4-6-22/h7-17,22,28-29,45-46H,3-6H2,1-2H3,(H,42,47)(H,43,48)(H,49,50)(H,51,52). The third kappa shape index (κ3) is 7.74. The zero-order valence-corrected chi connectivity index (χ0v) is 31.0. The Morgan fingerprint density at radius 1 is 0.800 bits per heavy atom. The van der Waals surface area contributed by atoms with Crippen LogP contribution < -0.4 is 20.3 Å². The number of aromatic nitrogens is 3. The number of nitrogens with one attached hydrogen (secondary N) is 2. The second kappa shape index (κ2) is 15.3. The fourth-order valence-electron chi connectivity index (χ4n) is 6.32. The van der Waals surface area contributed by atoms with Crippen LogP contribution in [0.1, 0.15) is 46.7 Å². The molecule has 2 unspecified atom stereocenters. The molecule has 1 saturated carbocycles. The first-order valence-corrected chi connectivity index (χ1v) is 18.8. The van der Waals surface area contributed by atoms with E-state index in [1.165, 1.54) is 42.6 Å². The molecule has 17 heteroatoms. The summed E-state index contributed by atoms with van der Waals surface area (Å²) in [5.41, 5.74) is -0.301. The zero-order chi connectivity index (χ0) is 39.0. The first-order chi connectivity index (χ1) is 26.4. The Balaban J connectivity index is 1.06. The van der Waals surface area contributed by atoms with Crippen molar-refractivity contribution in [3.8, 4) is 23.0 Å². The number of rotatable bonds is 12. The summed E-state index contributed by atoms with van der Waals surface area (Å²) >= 11 is 3.24. The van der Waals surface area contributed by atoms with Gasteiger partial charge in [0.05, 0.1) is 10.2 Å². The van der Waals surface area contributed by atoms with Crippen LogP contribution >= 0.6 is 23.1 Å². The summed E-state index contributed by atoms with van der Waals surface area (Å²) in [4.78, 5) is 66.7. The van der Waals surface area contributed by atoms with Crippen molar-refractivity contribution in [2.24, 2.45) is 0 Å². The molecular weight excluding hydrogens is 749 g/mol. The SMILES string of the molecule is CN(C)c1nc2ccc(Oc3ccc4c(O)c(C(=O)NC(C(=O)O)C(NC(=O)c5ncc6cc(SC7CCCC7)ccc6c5O)C(=O)O)ncc4c3)cc2s1. The van der Waals surface area contributed by atoms with Crippen LogP contribution in [0.3, 0.4) is 0 Å². The number of aromatic hydroxyl groups is 2. The molecule has 55 heavy (non-hydrogen) atoms. The number of amides is 2. The van der Waals surface area contributed by atoms with Gasteiger partial charge in [-0.1, -0.05) is 24.2 Å². The Kier molecular flexibility index (Phi) is 10.3. The maximum Gasteiger partial charge on any atom is 0.329 e. The van der Waals surface area contributed by atoms with Crippen LogP contribution in [-0.4, -0.2) is 90.6 Å². The second-order valence-electron chi connectivity index (χ2n) is 13.1. The van der Waals surface area contributed by atoms with Gasteiger partial charge in [-0.3, -0.25) is 9.59 Å². The van der Waals surface area contributed by atoms with Gasteiger partial charge in [0.25, 0.3) is 11.8 Å². The Morgan fingerprint density at radius 3 is 1.93 bits per heavy atom. The van der Waals surface area contributed by atoms with Crippen LogP contribution in [0.4, 0.5) is 5.13 Å². The van der Waals surface area contributed by atoms with E-state index >= 15 is 0 Å². The summed E-state index contributed by atoms with van der Waals surface area (Å²) in [6, 6.07) is 10.9. The summed E-state index contributed by atoms with van der Waals surface area (Å²) in [5, 5.41) is 48.8. The van der Waals surface area contributed by atoms with E-state index in [0.717, 1.165) is 33.1 Å². The number of carbonyl (C=O) groups is 4. The number of hydrogen-bond donors (Lipinski definition) is 6. The second-order valence-corrected chi connectivity index (χ2v) is 15.5. The van der Waals surface area contributed by atoms with Crippen molar-refractivity contribution in [2.75, 3.05) is 19.0 Å². The molecular formula is C38H34N6O9S2. The Hall–Kier alpha value is -6.20. The van der Waals surface area contributed by atoms with E-state index in [9.17, 15) is 39.6 Å². The van der Waals surface area contributed by atoms with Gasteiger partial charge in [0.1, 0.15) is 11.5 Å². The van der Waals surface area contributed by atoms with Gasteiger partial charge in [0, 0.05) is 64.2 Å². The van der Waals surface area contributed by atoms with Gasteiger partial charge in [0.15, 0.2) is 40.1 Å². The summed E-state index contributed by atoms with van der Waals surface area (Å²) in [6.07, 6.45) is 7.24. The van der Waals surface area contributed by atoms with Crippen LogP contribution in [0.2, 0.25) is 0 Å². The third-order valence-electron chi connectivity index (χ3n) is 9.11. The summed E-state index contributed by atoms with van der Waals surface area (Å²) in [7, 11) is 3.81. The predicted octanol–water partition coefficient (Wildman–Crippen LogP) is 5.76. The number of thioether (sulfide) groups is 1. The van der Waals surface area contributed by atoms with Crippen molar-refractivity contribution in [1.29, 1.82) is 0 Å². The van der Waals surface area contributed by atoms with Gasteiger partial charge in [0.2, 0.25) is 0 Å². The Bertz CT molecular complexity index is 2500. The van der Waals surface area contributed by atoms with Crippen LogP contribution in [0, 0.1) is 0 Å². The molecule has 0 radical (unpaired) electrons. The lowest BCUT2D eigenvalue weighted by Crippen LogP contribution is -2.59. The van der Waals surface area contributed by atoms with Crippen molar-refractivity contribution < 1.29 is 44.3 Å². The molecule has 0 spiro atoms. The highest BCUT2D eigenvalue weighted by Gasteiger charge is 2.38. The molecule has 1 aliphatic rings. The number of fused-ring (bicyclic) bond motifs is 3. The molecule has 2 atom stereocenters. The number of thiazole rings is 1. The monoisotopic (exact) mass is 782 g/mol. The molecule has 2 amide bonds. The number of nitrogens with zero attached hydrogens (tertiary/aromatic N) is 4. The van der Waals surface area contributed by atoms with E-state index in [1.54, 1.807) is 36.0 Å². The van der Waals surface area contributed by atoms with Gasteiger partial charge in [-0.25, -0.2) is 24.5 Å². The number of anilines is 1. The number of carbonyl (C=O) groups excluding carboxylic acids is 2. The van der Waals surface area contributed by atoms with Crippen molar-refractivity contribution >= 4 is 83.7 Å². The van der Waals surface area contributed by atoms with Crippen LogP contribution in [0.5, 0.6) is 23.0 Å². The number of carboxylic acids is 2. The summed E-state index contributed by atoms with van der Waals surface area (Å²) in [6.45, 7) is 0. The van der Waals surface area contributed by atoms with Crippen LogP contribution in [-0.2, 0) is 9.59 Å². The maximum absolute atomic E-state index is 13.3. The summed E-state index contributed by atoms with van der Waals surface area (Å²) in [5.74, 6) is -6.19. The number of aliphatic carboxylic acids is 2. The number of hydrogen-bond acceptors (Lipinski definition) is 13. The smallest absolute Gasteiger partial charge is 0.329 e. The average Bonchev–Trinajstić information content (AvgIpc) is 3.83. The molecule has 282 valence electrons. The first-order valence-electron chi connectivity index (χ1n) is 17.1. The van der Waals surface area contributed by atoms with Gasteiger partial charge in [-0.2, -0.15) is 0 Å². The zero-order valence-electron chi connectivity index (χ0n) is 29.3. The molecule has 6 N–H and O–H groups in total. The highest BCUT2D eigenvalue weighted by Crippen LogP contribution is 2.38. The molecule has 6 aromatic rings. The minimum atomic E-state index is -2.23.